The Kier molecular flexibility index (Phi) is 7.41. The Labute approximate surface area is 215 Å². The van der Waals surface area contributed by atoms with Gasteiger partial charge in [-0.15, -0.1) is 0 Å². The van der Waals surface area contributed by atoms with Gasteiger partial charge in [-0.05, 0) is 53.6 Å². The van der Waals surface area contributed by atoms with Crippen molar-refractivity contribution in [1.29, 1.82) is 0 Å². The van der Waals surface area contributed by atoms with E-state index < -0.39 is 5.97 Å². The Morgan fingerprint density at radius 3 is 2.59 bits per heavy atom. The lowest BCUT2D eigenvalue weighted by molar-refractivity contribution is 0.0697. The number of carboxylic acids is 1. The van der Waals surface area contributed by atoms with Gasteiger partial charge in [0.2, 0.25) is 6.79 Å². The molecule has 0 saturated carbocycles. The van der Waals surface area contributed by atoms with Crippen LogP contribution in [0, 0.1) is 0 Å². The van der Waals surface area contributed by atoms with Gasteiger partial charge in [0.25, 0.3) is 0 Å². The van der Waals surface area contributed by atoms with Gasteiger partial charge >= 0.3 is 5.97 Å². The van der Waals surface area contributed by atoms with Crippen molar-refractivity contribution in [3.63, 3.8) is 0 Å². The van der Waals surface area contributed by atoms with E-state index in [2.05, 4.69) is 21.2 Å². The van der Waals surface area contributed by atoms with Gasteiger partial charge in [-0.2, -0.15) is 0 Å². The van der Waals surface area contributed by atoms with Gasteiger partial charge in [0.05, 0.1) is 19.2 Å². The number of hydrogen-bond donors (Lipinski definition) is 2. The molecule has 0 aliphatic carbocycles. The molecule has 9 nitrogen and oxygen atoms in total. The summed E-state index contributed by atoms with van der Waals surface area (Å²) in [6.45, 7) is 4.87. The van der Waals surface area contributed by atoms with Gasteiger partial charge in [0.1, 0.15) is 5.75 Å². The van der Waals surface area contributed by atoms with Crippen LogP contribution in [0.4, 0.5) is 5.69 Å². The number of fused-ring (bicyclic) bond motifs is 1. The van der Waals surface area contributed by atoms with E-state index in [1.54, 1.807) is 25.3 Å². The third kappa shape index (κ3) is 6.13. The van der Waals surface area contributed by atoms with Crippen molar-refractivity contribution in [3.8, 4) is 17.2 Å². The summed E-state index contributed by atoms with van der Waals surface area (Å²) in [5, 5.41) is 12.8. The van der Waals surface area contributed by atoms with Gasteiger partial charge in [-0.3, -0.25) is 4.90 Å². The summed E-state index contributed by atoms with van der Waals surface area (Å²) in [4.78, 5) is 21.0. The summed E-state index contributed by atoms with van der Waals surface area (Å²) in [7, 11) is 1.65. The summed E-state index contributed by atoms with van der Waals surface area (Å²) in [6.07, 6.45) is 0. The summed E-state index contributed by atoms with van der Waals surface area (Å²) in [5.41, 5.74) is 3.13. The maximum atomic E-state index is 11.5. The molecule has 192 valence electrons. The fourth-order valence-electron chi connectivity index (χ4n) is 4.43. The van der Waals surface area contributed by atoms with Crippen molar-refractivity contribution in [2.45, 2.75) is 13.1 Å². The molecule has 9 heteroatoms. The largest absolute Gasteiger partial charge is 0.497 e. The Hall–Kier alpha value is -4.24. The molecule has 0 aromatic heterocycles. The molecule has 37 heavy (non-hydrogen) atoms. The van der Waals surface area contributed by atoms with E-state index in [4.69, 9.17) is 19.2 Å². The summed E-state index contributed by atoms with van der Waals surface area (Å²) >= 11 is 0. The van der Waals surface area contributed by atoms with Gasteiger partial charge in [-0.1, -0.05) is 24.3 Å². The highest BCUT2D eigenvalue weighted by molar-refractivity contribution is 5.95. The Bertz CT molecular complexity index is 1290. The molecule has 0 radical (unpaired) electrons. The average molecular weight is 503 g/mol. The second-order valence-corrected chi connectivity index (χ2v) is 8.95. The Morgan fingerprint density at radius 2 is 1.78 bits per heavy atom. The van der Waals surface area contributed by atoms with Crippen molar-refractivity contribution in [2.24, 2.45) is 4.99 Å². The zero-order valence-corrected chi connectivity index (χ0v) is 20.7. The summed E-state index contributed by atoms with van der Waals surface area (Å²) in [5.74, 6) is 2.14. The Morgan fingerprint density at radius 1 is 0.973 bits per heavy atom. The first kappa shape index (κ1) is 24.5. The van der Waals surface area contributed by atoms with E-state index in [0.29, 0.717) is 18.2 Å². The lowest BCUT2D eigenvalue weighted by atomic mass is 10.1. The highest BCUT2D eigenvalue weighted by Gasteiger charge is 2.21. The average Bonchev–Trinajstić information content (AvgIpc) is 3.40. The van der Waals surface area contributed by atoms with Crippen LogP contribution in [0.3, 0.4) is 0 Å². The molecule has 0 atom stereocenters. The molecule has 5 rings (SSSR count). The summed E-state index contributed by atoms with van der Waals surface area (Å²) < 4.78 is 16.3. The van der Waals surface area contributed by atoms with Gasteiger partial charge in [0, 0.05) is 38.4 Å². The number of carboxylic acid groups (broad SMARTS) is 1. The number of ether oxygens (including phenoxy) is 3. The predicted octanol–water partition coefficient (Wildman–Crippen LogP) is 3.91. The maximum Gasteiger partial charge on any atom is 0.335 e. The molecule has 3 aromatic rings. The summed E-state index contributed by atoms with van der Waals surface area (Å²) in [6, 6.07) is 20.7. The van der Waals surface area contributed by atoms with E-state index in [1.165, 1.54) is 5.56 Å². The molecule has 2 aliphatic rings. The molecule has 2 N–H and O–H groups in total. The highest BCUT2D eigenvalue weighted by Crippen LogP contribution is 2.33. The molecule has 1 fully saturated rings. The van der Waals surface area contributed by atoms with Crippen LogP contribution in [-0.4, -0.2) is 66.9 Å². The van der Waals surface area contributed by atoms with Crippen molar-refractivity contribution in [2.75, 3.05) is 45.4 Å². The van der Waals surface area contributed by atoms with Crippen molar-refractivity contribution in [3.05, 3.63) is 83.4 Å². The molecule has 1 saturated heterocycles. The zero-order chi connectivity index (χ0) is 25.6. The van der Waals surface area contributed by atoms with E-state index in [9.17, 15) is 9.90 Å². The number of nitrogens with zero attached hydrogens (tertiary/aromatic N) is 3. The van der Waals surface area contributed by atoms with E-state index >= 15 is 0 Å². The number of guanidine groups is 1. The molecule has 0 amide bonds. The third-order valence-electron chi connectivity index (χ3n) is 6.43. The minimum Gasteiger partial charge on any atom is -0.497 e. The number of nitrogens with one attached hydrogen (secondary N) is 1. The molecule has 2 aliphatic heterocycles. The SMILES string of the molecule is COc1cccc(CN=C(Nc2cccc(C(=O)O)c2)N2CCN(Cc3ccc4c(c3)OCO4)CC2)c1. The van der Waals surface area contributed by atoms with Gasteiger partial charge < -0.3 is 29.5 Å². The fourth-order valence-corrected chi connectivity index (χ4v) is 4.43. The van der Waals surface area contributed by atoms with Crippen LogP contribution in [0.1, 0.15) is 21.5 Å². The van der Waals surface area contributed by atoms with E-state index in [1.807, 2.05) is 42.5 Å². The molecule has 0 bridgehead atoms. The number of rotatable bonds is 7. The molecular formula is C28H30N4O5. The van der Waals surface area contributed by atoms with Crippen LogP contribution in [0.5, 0.6) is 17.2 Å². The van der Waals surface area contributed by atoms with Crippen LogP contribution < -0.4 is 19.5 Å². The third-order valence-corrected chi connectivity index (χ3v) is 6.43. The molecule has 2 heterocycles. The molecule has 0 unspecified atom stereocenters. The van der Waals surface area contributed by atoms with Crippen LogP contribution in [-0.2, 0) is 13.1 Å². The lowest BCUT2D eigenvalue weighted by Gasteiger charge is -2.36. The van der Waals surface area contributed by atoms with Crippen LogP contribution in [0.15, 0.2) is 71.7 Å². The fraction of sp³-hybridized carbons (Fsp3) is 0.286. The number of carbonyl (C=O) groups is 1. The number of aliphatic imine (C=N–C) groups is 1. The van der Waals surface area contributed by atoms with Crippen LogP contribution in [0.2, 0.25) is 0 Å². The smallest absolute Gasteiger partial charge is 0.335 e. The van der Waals surface area contributed by atoms with Gasteiger partial charge in [-0.25, -0.2) is 9.79 Å². The zero-order valence-electron chi connectivity index (χ0n) is 20.7. The normalized spacial score (nSPS) is 15.5. The lowest BCUT2D eigenvalue weighted by Crippen LogP contribution is -2.50. The van der Waals surface area contributed by atoms with Crippen molar-refractivity contribution < 1.29 is 24.1 Å². The number of benzene rings is 3. The van der Waals surface area contributed by atoms with Crippen LogP contribution >= 0.6 is 0 Å². The molecule has 3 aromatic carbocycles. The van der Waals surface area contributed by atoms with Gasteiger partial charge in [0.15, 0.2) is 17.5 Å². The number of anilines is 1. The monoisotopic (exact) mass is 502 g/mol. The van der Waals surface area contributed by atoms with Crippen LogP contribution in [0.25, 0.3) is 0 Å². The predicted molar refractivity (Wildman–Crippen MR) is 141 cm³/mol. The first-order valence-corrected chi connectivity index (χ1v) is 12.2. The minimum atomic E-state index is -0.962. The molecular weight excluding hydrogens is 472 g/mol. The number of methoxy groups -OCH3 is 1. The number of aromatic carboxylic acids is 1. The highest BCUT2D eigenvalue weighted by atomic mass is 16.7. The quantitative estimate of drug-likeness (QED) is 0.371. The van der Waals surface area contributed by atoms with E-state index in [0.717, 1.165) is 55.5 Å². The van der Waals surface area contributed by atoms with E-state index in [-0.39, 0.29) is 12.4 Å². The first-order chi connectivity index (χ1) is 18.1. The van der Waals surface area contributed by atoms with Crippen molar-refractivity contribution >= 4 is 17.6 Å². The standard InChI is InChI=1S/C28H30N4O5/c1-35-24-7-2-4-20(14-24)17-29-28(30-23-6-3-5-22(16-23)27(33)34)32-12-10-31(11-13-32)18-21-8-9-25-26(15-21)37-19-36-25/h2-9,14-16H,10-13,17-19H2,1H3,(H,29,30)(H,33,34). The topological polar surface area (TPSA) is 95.9 Å². The second kappa shape index (κ2) is 11.2. The minimum absolute atomic E-state index is 0.227. The first-order valence-electron chi connectivity index (χ1n) is 12.2. The second-order valence-electron chi connectivity index (χ2n) is 8.95. The number of piperazine rings is 1. The Balaban J connectivity index is 1.28. The number of hydrogen-bond acceptors (Lipinski definition) is 6. The molecule has 0 spiro atoms. The maximum absolute atomic E-state index is 11.5. The van der Waals surface area contributed by atoms with Crippen molar-refractivity contribution in [1.82, 2.24) is 9.80 Å².